The molecule has 28 heavy (non-hydrogen) atoms. The lowest BCUT2D eigenvalue weighted by atomic mass is 9.98. The van der Waals surface area contributed by atoms with E-state index in [1.54, 1.807) is 24.3 Å². The molecule has 146 valence electrons. The van der Waals surface area contributed by atoms with E-state index in [1.165, 1.54) is 12.1 Å². The molecule has 1 aliphatic carbocycles. The lowest BCUT2D eigenvalue weighted by Gasteiger charge is -2.19. The summed E-state index contributed by atoms with van der Waals surface area (Å²) >= 11 is 0. The second-order valence-electron chi connectivity index (χ2n) is 7.16. The van der Waals surface area contributed by atoms with Crippen molar-refractivity contribution in [2.75, 3.05) is 6.54 Å². The average Bonchev–Trinajstić information content (AvgIpc) is 3.39. The van der Waals surface area contributed by atoms with Crippen molar-refractivity contribution in [2.45, 2.75) is 37.8 Å². The summed E-state index contributed by atoms with van der Waals surface area (Å²) in [6.07, 6.45) is 3.02. The van der Waals surface area contributed by atoms with Crippen LogP contribution < -0.4 is 10.6 Å². The summed E-state index contributed by atoms with van der Waals surface area (Å²) in [5, 5.41) is 5.40. The van der Waals surface area contributed by atoms with E-state index in [-0.39, 0.29) is 24.8 Å². The highest BCUT2D eigenvalue weighted by atomic mass is 19.1. The van der Waals surface area contributed by atoms with E-state index in [1.807, 2.05) is 0 Å². The molecule has 2 N–H and O–H groups in total. The standard InChI is InChI=1S/C20H20FN3O4/c21-14-5-3-13(4-6-14)16-8-7-15(28-16)11-22-17(25)12-24-18(26)20(23-19(24)27)9-1-2-10-20/h3-8H,1-2,9-12H2,(H,22,25)(H,23,27). The van der Waals surface area contributed by atoms with Gasteiger partial charge in [0.2, 0.25) is 5.91 Å². The number of nitrogens with one attached hydrogen (secondary N) is 2. The van der Waals surface area contributed by atoms with Crippen LogP contribution in [0.1, 0.15) is 31.4 Å². The third kappa shape index (κ3) is 3.37. The van der Waals surface area contributed by atoms with Crippen LogP contribution in [-0.2, 0) is 16.1 Å². The summed E-state index contributed by atoms with van der Waals surface area (Å²) in [5.74, 6) is -0.0265. The minimum atomic E-state index is -0.817. The lowest BCUT2D eigenvalue weighted by molar-refractivity contribution is -0.134. The first-order valence-corrected chi connectivity index (χ1v) is 9.22. The molecule has 2 aliphatic rings. The number of benzene rings is 1. The van der Waals surface area contributed by atoms with Crippen molar-refractivity contribution in [3.8, 4) is 11.3 Å². The Labute approximate surface area is 160 Å². The minimum absolute atomic E-state index is 0.120. The summed E-state index contributed by atoms with van der Waals surface area (Å²) in [7, 11) is 0. The number of carbonyl (C=O) groups excluding carboxylic acids is 3. The molecule has 0 bridgehead atoms. The highest BCUT2D eigenvalue weighted by Crippen LogP contribution is 2.34. The molecule has 4 amide bonds. The molecule has 1 spiro atoms. The smallest absolute Gasteiger partial charge is 0.325 e. The van der Waals surface area contributed by atoms with Crippen LogP contribution in [0.2, 0.25) is 0 Å². The maximum Gasteiger partial charge on any atom is 0.325 e. The predicted molar refractivity (Wildman–Crippen MR) is 97.4 cm³/mol. The Kier molecular flexibility index (Phi) is 4.62. The fourth-order valence-corrected chi connectivity index (χ4v) is 3.76. The monoisotopic (exact) mass is 385 g/mol. The third-order valence-electron chi connectivity index (χ3n) is 5.25. The molecule has 7 nitrogen and oxygen atoms in total. The zero-order valence-electron chi connectivity index (χ0n) is 15.2. The van der Waals surface area contributed by atoms with Crippen molar-refractivity contribution in [1.29, 1.82) is 0 Å². The predicted octanol–water partition coefficient (Wildman–Crippen LogP) is 2.57. The van der Waals surface area contributed by atoms with Crippen molar-refractivity contribution in [2.24, 2.45) is 0 Å². The number of amides is 4. The summed E-state index contributed by atoms with van der Waals surface area (Å²) < 4.78 is 18.7. The zero-order chi connectivity index (χ0) is 19.7. The van der Waals surface area contributed by atoms with Crippen LogP contribution in [-0.4, -0.2) is 34.8 Å². The number of carbonyl (C=O) groups is 3. The number of urea groups is 1. The van der Waals surface area contributed by atoms with Gasteiger partial charge in [-0.1, -0.05) is 12.8 Å². The van der Waals surface area contributed by atoms with E-state index in [0.717, 1.165) is 23.3 Å². The number of imide groups is 1. The van der Waals surface area contributed by atoms with Gasteiger partial charge in [0.15, 0.2) is 0 Å². The van der Waals surface area contributed by atoms with Crippen LogP contribution in [0.15, 0.2) is 40.8 Å². The van der Waals surface area contributed by atoms with Crippen molar-refractivity contribution < 1.29 is 23.2 Å². The van der Waals surface area contributed by atoms with E-state index in [2.05, 4.69) is 10.6 Å². The fraction of sp³-hybridized carbons (Fsp3) is 0.350. The summed E-state index contributed by atoms with van der Waals surface area (Å²) in [6.45, 7) is -0.202. The maximum absolute atomic E-state index is 13.0. The molecule has 2 fully saturated rings. The van der Waals surface area contributed by atoms with Gasteiger partial charge in [0, 0.05) is 5.56 Å². The molecule has 8 heteroatoms. The van der Waals surface area contributed by atoms with Gasteiger partial charge in [0.1, 0.15) is 29.4 Å². The Morgan fingerprint density at radius 1 is 1.14 bits per heavy atom. The maximum atomic E-state index is 13.0. The van der Waals surface area contributed by atoms with Crippen LogP contribution in [0, 0.1) is 5.82 Å². The molecule has 2 aromatic rings. The zero-order valence-corrected chi connectivity index (χ0v) is 15.2. The first kappa shape index (κ1) is 18.2. The van der Waals surface area contributed by atoms with Crippen molar-refractivity contribution in [3.05, 3.63) is 48.0 Å². The van der Waals surface area contributed by atoms with Gasteiger partial charge >= 0.3 is 6.03 Å². The summed E-state index contributed by atoms with van der Waals surface area (Å²) in [6, 6.07) is 8.82. The van der Waals surface area contributed by atoms with Gasteiger partial charge in [-0.15, -0.1) is 0 Å². The van der Waals surface area contributed by atoms with E-state index in [4.69, 9.17) is 4.42 Å². The SMILES string of the molecule is O=C(CN1C(=O)NC2(CCCC2)C1=O)NCc1ccc(-c2ccc(F)cc2)o1. The molecule has 1 saturated heterocycles. The second kappa shape index (κ2) is 7.10. The quantitative estimate of drug-likeness (QED) is 0.774. The van der Waals surface area contributed by atoms with Gasteiger partial charge < -0.3 is 15.1 Å². The number of rotatable bonds is 5. The van der Waals surface area contributed by atoms with Crippen LogP contribution in [0.25, 0.3) is 11.3 Å². The van der Waals surface area contributed by atoms with E-state index in [0.29, 0.717) is 24.4 Å². The van der Waals surface area contributed by atoms with Crippen LogP contribution in [0.3, 0.4) is 0 Å². The Hall–Kier alpha value is -3.16. The molecule has 0 unspecified atom stereocenters. The van der Waals surface area contributed by atoms with Gasteiger partial charge in [0.25, 0.3) is 5.91 Å². The first-order chi connectivity index (χ1) is 13.5. The molecule has 2 heterocycles. The molecule has 0 radical (unpaired) electrons. The summed E-state index contributed by atoms with van der Waals surface area (Å²) in [5.41, 5.74) is -0.0946. The molecule has 4 rings (SSSR count). The number of hydrogen-bond donors (Lipinski definition) is 2. The Bertz CT molecular complexity index is 916. The Balaban J connectivity index is 1.33. The van der Waals surface area contributed by atoms with Crippen molar-refractivity contribution >= 4 is 17.8 Å². The molecule has 1 saturated carbocycles. The molecule has 1 aromatic heterocycles. The van der Waals surface area contributed by atoms with Gasteiger partial charge in [-0.05, 0) is 49.2 Å². The summed E-state index contributed by atoms with van der Waals surface area (Å²) in [4.78, 5) is 37.9. The van der Waals surface area contributed by atoms with Crippen molar-refractivity contribution in [3.63, 3.8) is 0 Å². The minimum Gasteiger partial charge on any atom is -0.459 e. The van der Waals surface area contributed by atoms with E-state index < -0.39 is 17.5 Å². The first-order valence-electron chi connectivity index (χ1n) is 9.22. The van der Waals surface area contributed by atoms with Crippen molar-refractivity contribution in [1.82, 2.24) is 15.5 Å². The third-order valence-corrected chi connectivity index (χ3v) is 5.25. The number of nitrogens with zero attached hydrogens (tertiary/aromatic N) is 1. The highest BCUT2D eigenvalue weighted by molar-refractivity contribution is 6.09. The number of hydrogen-bond acceptors (Lipinski definition) is 4. The normalized spacial score (nSPS) is 18.0. The Morgan fingerprint density at radius 3 is 2.57 bits per heavy atom. The second-order valence-corrected chi connectivity index (χ2v) is 7.16. The van der Waals surface area contributed by atoms with E-state index >= 15 is 0 Å². The molecule has 0 atom stereocenters. The largest absolute Gasteiger partial charge is 0.459 e. The lowest BCUT2D eigenvalue weighted by Crippen LogP contribution is -2.45. The van der Waals surface area contributed by atoms with E-state index in [9.17, 15) is 18.8 Å². The van der Waals surface area contributed by atoms with Crippen LogP contribution >= 0.6 is 0 Å². The van der Waals surface area contributed by atoms with Crippen LogP contribution in [0.4, 0.5) is 9.18 Å². The number of furan rings is 1. The van der Waals surface area contributed by atoms with Gasteiger partial charge in [0.05, 0.1) is 6.54 Å². The molecule has 1 aromatic carbocycles. The van der Waals surface area contributed by atoms with Gasteiger partial charge in [-0.3, -0.25) is 14.5 Å². The highest BCUT2D eigenvalue weighted by Gasteiger charge is 2.52. The van der Waals surface area contributed by atoms with Crippen LogP contribution in [0.5, 0.6) is 0 Å². The van der Waals surface area contributed by atoms with Gasteiger partial charge in [-0.2, -0.15) is 0 Å². The van der Waals surface area contributed by atoms with Gasteiger partial charge in [-0.25, -0.2) is 9.18 Å². The molecular formula is C20H20FN3O4. The fourth-order valence-electron chi connectivity index (χ4n) is 3.76. The average molecular weight is 385 g/mol. The Morgan fingerprint density at radius 2 is 1.86 bits per heavy atom. The molecular weight excluding hydrogens is 365 g/mol. The number of halogens is 1. The molecule has 1 aliphatic heterocycles. The topological polar surface area (TPSA) is 91.7 Å².